The normalized spacial score (nSPS) is 15.1. The Morgan fingerprint density at radius 1 is 1.14 bits per heavy atom. The first-order valence-corrected chi connectivity index (χ1v) is 9.61. The van der Waals surface area contributed by atoms with E-state index in [0.29, 0.717) is 18.9 Å². The van der Waals surface area contributed by atoms with Crippen molar-refractivity contribution in [1.82, 2.24) is 20.9 Å². The maximum absolute atomic E-state index is 12.1. The number of nitrogens with one attached hydrogen (secondary N) is 3. The van der Waals surface area contributed by atoms with E-state index in [1.807, 2.05) is 24.3 Å². The Labute approximate surface area is 166 Å². The summed E-state index contributed by atoms with van der Waals surface area (Å²) in [6.07, 6.45) is 2.46. The fraction of sp³-hybridized carbons (Fsp3) is 0.550. The zero-order chi connectivity index (χ0) is 20.4. The Kier molecular flexibility index (Phi) is 8.58. The molecule has 1 heterocycles. The minimum Gasteiger partial charge on any atom is -0.497 e. The number of piperidine rings is 1. The van der Waals surface area contributed by atoms with Gasteiger partial charge < -0.3 is 25.6 Å². The molecule has 1 fully saturated rings. The first-order chi connectivity index (χ1) is 13.5. The lowest BCUT2D eigenvalue weighted by molar-refractivity contribution is -0.122. The molecule has 1 aromatic rings. The van der Waals surface area contributed by atoms with Crippen molar-refractivity contribution in [2.24, 2.45) is 10.9 Å². The number of guanidine groups is 1. The molecular formula is C20H31N5O3. The largest absolute Gasteiger partial charge is 0.497 e. The van der Waals surface area contributed by atoms with Crippen LogP contribution >= 0.6 is 0 Å². The van der Waals surface area contributed by atoms with Crippen LogP contribution in [0.5, 0.6) is 5.75 Å². The van der Waals surface area contributed by atoms with Crippen LogP contribution in [0.4, 0.5) is 0 Å². The maximum Gasteiger partial charge on any atom is 0.239 e. The molecule has 0 aromatic heterocycles. The molecule has 0 saturated carbocycles. The predicted molar refractivity (Wildman–Crippen MR) is 109 cm³/mol. The number of benzene rings is 1. The summed E-state index contributed by atoms with van der Waals surface area (Å²) >= 11 is 0. The van der Waals surface area contributed by atoms with Crippen molar-refractivity contribution in [3.63, 3.8) is 0 Å². The second-order valence-electron chi connectivity index (χ2n) is 6.83. The van der Waals surface area contributed by atoms with Crippen LogP contribution in [0, 0.1) is 5.92 Å². The van der Waals surface area contributed by atoms with Gasteiger partial charge in [-0.05, 0) is 36.5 Å². The van der Waals surface area contributed by atoms with E-state index in [2.05, 4.69) is 25.8 Å². The van der Waals surface area contributed by atoms with Crippen molar-refractivity contribution in [3.8, 4) is 5.75 Å². The molecule has 2 amide bonds. The molecule has 0 spiro atoms. The summed E-state index contributed by atoms with van der Waals surface area (Å²) in [5, 5.41) is 8.70. The second-order valence-corrected chi connectivity index (χ2v) is 6.83. The molecule has 1 saturated heterocycles. The van der Waals surface area contributed by atoms with E-state index in [9.17, 15) is 9.59 Å². The molecule has 8 nitrogen and oxygen atoms in total. The standard InChI is InChI=1S/C20H31N5O3/c1-21-18(26)12-15-8-10-25(11-9-15)20(22-2)24-14-19(27)23-13-16-4-6-17(28-3)7-5-16/h4-7,15H,8-14H2,1-3H3,(H,21,26)(H,22,24)(H,23,27). The summed E-state index contributed by atoms with van der Waals surface area (Å²) in [6.45, 7) is 2.29. The molecule has 154 valence electrons. The Bertz CT molecular complexity index is 667. The number of aliphatic imine (C=N–C) groups is 1. The molecule has 0 unspecified atom stereocenters. The molecule has 2 rings (SSSR count). The van der Waals surface area contributed by atoms with Crippen molar-refractivity contribution in [2.75, 3.05) is 40.8 Å². The number of likely N-dealkylation sites (tertiary alicyclic amines) is 1. The maximum atomic E-state index is 12.1. The zero-order valence-electron chi connectivity index (χ0n) is 17.0. The number of hydrogen-bond acceptors (Lipinski definition) is 4. The number of nitrogens with zero attached hydrogens (tertiary/aromatic N) is 2. The number of ether oxygens (including phenoxy) is 1. The summed E-state index contributed by atoms with van der Waals surface area (Å²) < 4.78 is 5.13. The summed E-state index contributed by atoms with van der Waals surface area (Å²) in [5.74, 6) is 1.92. The van der Waals surface area contributed by atoms with E-state index in [1.165, 1.54) is 0 Å². The molecule has 28 heavy (non-hydrogen) atoms. The fourth-order valence-corrected chi connectivity index (χ4v) is 3.21. The quantitative estimate of drug-likeness (QED) is 0.472. The first-order valence-electron chi connectivity index (χ1n) is 9.61. The topological polar surface area (TPSA) is 95.1 Å². The van der Waals surface area contributed by atoms with Gasteiger partial charge in [0.2, 0.25) is 11.8 Å². The molecule has 8 heteroatoms. The van der Waals surface area contributed by atoms with Crippen LogP contribution in [0.2, 0.25) is 0 Å². The summed E-state index contributed by atoms with van der Waals surface area (Å²) in [6, 6.07) is 7.59. The van der Waals surface area contributed by atoms with Crippen molar-refractivity contribution >= 4 is 17.8 Å². The smallest absolute Gasteiger partial charge is 0.239 e. The van der Waals surface area contributed by atoms with Crippen molar-refractivity contribution in [3.05, 3.63) is 29.8 Å². The van der Waals surface area contributed by atoms with Crippen LogP contribution in [0.3, 0.4) is 0 Å². The van der Waals surface area contributed by atoms with Gasteiger partial charge in [0.15, 0.2) is 5.96 Å². The van der Waals surface area contributed by atoms with Crippen LogP contribution in [-0.4, -0.2) is 63.5 Å². The van der Waals surface area contributed by atoms with Crippen LogP contribution < -0.4 is 20.7 Å². The highest BCUT2D eigenvalue weighted by molar-refractivity contribution is 5.86. The lowest BCUT2D eigenvalue weighted by Crippen LogP contribution is -2.48. The van der Waals surface area contributed by atoms with Crippen molar-refractivity contribution < 1.29 is 14.3 Å². The van der Waals surface area contributed by atoms with E-state index in [4.69, 9.17) is 4.74 Å². The average molecular weight is 390 g/mol. The summed E-state index contributed by atoms with van der Waals surface area (Å²) in [7, 11) is 5.01. The van der Waals surface area contributed by atoms with Crippen LogP contribution in [0.25, 0.3) is 0 Å². The van der Waals surface area contributed by atoms with Crippen LogP contribution in [-0.2, 0) is 16.1 Å². The lowest BCUT2D eigenvalue weighted by Gasteiger charge is -2.33. The zero-order valence-corrected chi connectivity index (χ0v) is 17.0. The molecular weight excluding hydrogens is 358 g/mol. The third-order valence-corrected chi connectivity index (χ3v) is 4.93. The van der Waals surface area contributed by atoms with E-state index >= 15 is 0 Å². The molecule has 0 radical (unpaired) electrons. The van der Waals surface area contributed by atoms with Gasteiger partial charge in [0, 0.05) is 40.2 Å². The monoisotopic (exact) mass is 389 g/mol. The average Bonchev–Trinajstić information content (AvgIpc) is 2.74. The Morgan fingerprint density at radius 2 is 1.82 bits per heavy atom. The Hall–Kier alpha value is -2.77. The van der Waals surface area contributed by atoms with Gasteiger partial charge in [-0.3, -0.25) is 14.6 Å². The SMILES string of the molecule is CN=C(NCC(=O)NCc1ccc(OC)cc1)N1CCC(CC(=O)NC)CC1. The molecule has 0 aliphatic carbocycles. The van der Waals surface area contributed by atoms with Crippen LogP contribution in [0.15, 0.2) is 29.3 Å². The number of rotatable bonds is 7. The molecule has 1 aliphatic rings. The summed E-state index contributed by atoms with van der Waals surface area (Å²) in [5.41, 5.74) is 1.01. The lowest BCUT2D eigenvalue weighted by atomic mass is 9.93. The summed E-state index contributed by atoms with van der Waals surface area (Å²) in [4.78, 5) is 30.1. The molecule has 0 bridgehead atoms. The van der Waals surface area contributed by atoms with E-state index in [1.54, 1.807) is 21.2 Å². The number of methoxy groups -OCH3 is 1. The molecule has 1 aromatic carbocycles. The van der Waals surface area contributed by atoms with Gasteiger partial charge >= 0.3 is 0 Å². The van der Waals surface area contributed by atoms with Gasteiger partial charge in [0.25, 0.3) is 0 Å². The van der Waals surface area contributed by atoms with Gasteiger partial charge in [-0.1, -0.05) is 12.1 Å². The minimum atomic E-state index is -0.0912. The van der Waals surface area contributed by atoms with Gasteiger partial charge in [0.1, 0.15) is 5.75 Å². The van der Waals surface area contributed by atoms with Gasteiger partial charge in [0.05, 0.1) is 13.7 Å². The van der Waals surface area contributed by atoms with E-state index in [0.717, 1.165) is 43.2 Å². The highest BCUT2D eigenvalue weighted by atomic mass is 16.5. The Morgan fingerprint density at radius 3 is 2.39 bits per heavy atom. The third kappa shape index (κ3) is 6.75. The van der Waals surface area contributed by atoms with Gasteiger partial charge in [-0.2, -0.15) is 0 Å². The van der Waals surface area contributed by atoms with Gasteiger partial charge in [-0.25, -0.2) is 0 Å². The predicted octanol–water partition coefficient (Wildman–Crippen LogP) is 0.735. The van der Waals surface area contributed by atoms with Crippen LogP contribution in [0.1, 0.15) is 24.8 Å². The highest BCUT2D eigenvalue weighted by Gasteiger charge is 2.23. The van der Waals surface area contributed by atoms with Gasteiger partial charge in [-0.15, -0.1) is 0 Å². The molecule has 1 aliphatic heterocycles. The number of amides is 2. The minimum absolute atomic E-state index is 0.0912. The van der Waals surface area contributed by atoms with E-state index in [-0.39, 0.29) is 18.4 Å². The van der Waals surface area contributed by atoms with Crippen molar-refractivity contribution in [2.45, 2.75) is 25.8 Å². The number of hydrogen-bond donors (Lipinski definition) is 3. The Balaban J connectivity index is 1.71. The second kappa shape index (κ2) is 11.2. The molecule has 0 atom stereocenters. The number of carbonyl (C=O) groups is 2. The van der Waals surface area contributed by atoms with Crippen molar-refractivity contribution in [1.29, 1.82) is 0 Å². The fourth-order valence-electron chi connectivity index (χ4n) is 3.21. The molecule has 3 N–H and O–H groups in total. The number of carbonyl (C=O) groups excluding carboxylic acids is 2. The highest BCUT2D eigenvalue weighted by Crippen LogP contribution is 2.20. The van der Waals surface area contributed by atoms with E-state index < -0.39 is 0 Å². The first kappa shape index (κ1) is 21.5. The third-order valence-electron chi connectivity index (χ3n) is 4.93.